The lowest BCUT2D eigenvalue weighted by Gasteiger charge is -2.54. The topological polar surface area (TPSA) is 85.4 Å². The number of hydrazine groups is 1. The highest BCUT2D eigenvalue weighted by atomic mass is 16.5. The van der Waals surface area contributed by atoms with Crippen LogP contribution in [0.25, 0.3) is 0 Å². The second kappa shape index (κ2) is 11.7. The van der Waals surface area contributed by atoms with Crippen LogP contribution < -0.4 is 5.32 Å². The van der Waals surface area contributed by atoms with Gasteiger partial charge in [-0.3, -0.25) is 9.59 Å². The number of carbonyl (C=O) groups excluding carboxylic acids is 3. The number of likely N-dealkylation sites (N-methyl/N-ethyl adjacent to an activating group) is 1. The van der Waals surface area contributed by atoms with Crippen molar-refractivity contribution in [2.45, 2.75) is 58.3 Å². The Hall–Kier alpha value is -3.59. The van der Waals surface area contributed by atoms with Crippen molar-refractivity contribution < 1.29 is 19.1 Å². The molecule has 1 N–H and O–H groups in total. The fraction of sp³-hybridized carbons (Fsp3) is 0.500. The third-order valence-corrected chi connectivity index (χ3v) is 7.28. The van der Waals surface area contributed by atoms with Gasteiger partial charge in [0, 0.05) is 33.0 Å². The van der Waals surface area contributed by atoms with Crippen molar-refractivity contribution in [3.8, 4) is 0 Å². The first-order chi connectivity index (χ1) is 18.5. The SMILES string of the molecule is C=C(C)OC1(C)C=CC(CNC(=O)N2[C@H]3CN(CC(C)C)C(=O)[C@H](Cc4ccccc4)N3C(=O)CN2C)=CC1. The monoisotopic (exact) mass is 535 g/mol. The molecule has 1 aromatic carbocycles. The van der Waals surface area contributed by atoms with E-state index < -0.39 is 17.8 Å². The van der Waals surface area contributed by atoms with Crippen LogP contribution in [0.4, 0.5) is 4.79 Å². The number of benzene rings is 1. The van der Waals surface area contributed by atoms with Crippen LogP contribution in [0.3, 0.4) is 0 Å². The molecule has 2 heterocycles. The lowest BCUT2D eigenvalue weighted by Crippen LogP contribution is -2.76. The van der Waals surface area contributed by atoms with Crippen molar-refractivity contribution >= 4 is 17.8 Å². The molecule has 39 heavy (non-hydrogen) atoms. The number of piperazine rings is 1. The van der Waals surface area contributed by atoms with E-state index in [1.807, 2.05) is 56.3 Å². The lowest BCUT2D eigenvalue weighted by atomic mass is 9.93. The molecule has 0 saturated carbocycles. The minimum absolute atomic E-state index is 0.0197. The summed E-state index contributed by atoms with van der Waals surface area (Å²) < 4.78 is 5.83. The number of nitrogens with one attached hydrogen (secondary N) is 1. The predicted octanol–water partition coefficient (Wildman–Crippen LogP) is 3.32. The fourth-order valence-electron chi connectivity index (χ4n) is 5.56. The molecule has 210 valence electrons. The third kappa shape index (κ3) is 6.53. The van der Waals surface area contributed by atoms with Gasteiger partial charge in [-0.25, -0.2) is 14.8 Å². The molecule has 4 amide bonds. The van der Waals surface area contributed by atoms with E-state index >= 15 is 0 Å². The van der Waals surface area contributed by atoms with Crippen LogP contribution >= 0.6 is 0 Å². The second-order valence-electron chi connectivity index (χ2n) is 11.4. The molecule has 4 rings (SSSR count). The predicted molar refractivity (Wildman–Crippen MR) is 150 cm³/mol. The summed E-state index contributed by atoms with van der Waals surface area (Å²) in [5.74, 6) is 0.684. The Balaban J connectivity index is 1.53. The summed E-state index contributed by atoms with van der Waals surface area (Å²) in [7, 11) is 1.74. The van der Waals surface area contributed by atoms with E-state index in [2.05, 4.69) is 31.8 Å². The zero-order valence-electron chi connectivity index (χ0n) is 23.7. The third-order valence-electron chi connectivity index (χ3n) is 7.28. The van der Waals surface area contributed by atoms with Crippen molar-refractivity contribution in [1.29, 1.82) is 0 Å². The quantitative estimate of drug-likeness (QED) is 0.517. The van der Waals surface area contributed by atoms with Gasteiger partial charge in [0.25, 0.3) is 0 Å². The van der Waals surface area contributed by atoms with Gasteiger partial charge < -0.3 is 19.9 Å². The zero-order chi connectivity index (χ0) is 28.3. The molecule has 2 saturated heterocycles. The standard InChI is InChI=1S/C30H41N5O4/c1-21(2)18-33-19-26-34(25(28(33)37)16-23-10-8-7-9-11-23)27(36)20-32(6)35(26)29(38)31-17-24-12-14-30(5,15-13-24)39-22(3)4/h7-14,21,25-26H,3,15-20H2,1-2,4-6H3,(H,31,38)/t25-,26-,30?/m0/s1. The van der Waals surface area contributed by atoms with Crippen LogP contribution in [0.5, 0.6) is 0 Å². The minimum atomic E-state index is -0.670. The molecule has 0 aromatic heterocycles. The van der Waals surface area contributed by atoms with E-state index in [9.17, 15) is 14.4 Å². The van der Waals surface area contributed by atoms with Crippen LogP contribution in [0, 0.1) is 5.92 Å². The Morgan fingerprint density at radius 2 is 1.95 bits per heavy atom. The molecular formula is C30H41N5O4. The number of hydrogen-bond donors (Lipinski definition) is 1. The number of fused-ring (bicyclic) bond motifs is 1. The van der Waals surface area contributed by atoms with Crippen molar-refractivity contribution in [3.05, 3.63) is 72.0 Å². The Bertz CT molecular complexity index is 1160. The van der Waals surface area contributed by atoms with Gasteiger partial charge in [0.05, 0.1) is 18.8 Å². The maximum atomic E-state index is 13.6. The molecule has 0 radical (unpaired) electrons. The van der Waals surface area contributed by atoms with Gasteiger partial charge in [-0.15, -0.1) is 0 Å². The average molecular weight is 536 g/mol. The van der Waals surface area contributed by atoms with Crippen LogP contribution in [-0.2, 0) is 20.7 Å². The van der Waals surface area contributed by atoms with Gasteiger partial charge in [0.15, 0.2) is 0 Å². The van der Waals surface area contributed by atoms with Gasteiger partial charge in [0.2, 0.25) is 11.8 Å². The number of rotatable bonds is 8. The second-order valence-corrected chi connectivity index (χ2v) is 11.4. The van der Waals surface area contributed by atoms with E-state index in [4.69, 9.17) is 4.74 Å². The summed E-state index contributed by atoms with van der Waals surface area (Å²) in [5.41, 5.74) is 1.50. The number of carbonyl (C=O) groups is 3. The molecular weight excluding hydrogens is 494 g/mol. The number of nitrogens with zero attached hydrogens (tertiary/aromatic N) is 4. The molecule has 1 aromatic rings. The van der Waals surface area contributed by atoms with E-state index in [1.165, 1.54) is 0 Å². The van der Waals surface area contributed by atoms with Gasteiger partial charge >= 0.3 is 6.03 Å². The fourth-order valence-corrected chi connectivity index (χ4v) is 5.56. The highest BCUT2D eigenvalue weighted by Gasteiger charge is 2.50. The number of ether oxygens (including phenoxy) is 1. The number of allylic oxidation sites excluding steroid dienone is 1. The van der Waals surface area contributed by atoms with Crippen molar-refractivity contribution in [2.75, 3.05) is 33.2 Å². The molecule has 2 aliphatic heterocycles. The van der Waals surface area contributed by atoms with Gasteiger partial charge in [-0.2, -0.15) is 0 Å². The first-order valence-corrected chi connectivity index (χ1v) is 13.6. The van der Waals surface area contributed by atoms with Gasteiger partial charge in [0.1, 0.15) is 17.8 Å². The molecule has 9 heteroatoms. The van der Waals surface area contributed by atoms with E-state index in [0.29, 0.717) is 31.7 Å². The van der Waals surface area contributed by atoms with Crippen LogP contribution in [0.1, 0.15) is 39.7 Å². The Morgan fingerprint density at radius 3 is 2.56 bits per heavy atom. The zero-order valence-corrected chi connectivity index (χ0v) is 23.7. The average Bonchev–Trinajstić information content (AvgIpc) is 2.85. The van der Waals surface area contributed by atoms with E-state index in [0.717, 1.165) is 11.1 Å². The minimum Gasteiger partial charge on any atom is -0.488 e. The summed E-state index contributed by atoms with van der Waals surface area (Å²) in [6, 6.07) is 8.74. The summed E-state index contributed by atoms with van der Waals surface area (Å²) in [4.78, 5) is 44.0. The summed E-state index contributed by atoms with van der Waals surface area (Å²) in [6.45, 7) is 13.0. The number of amides is 4. The lowest BCUT2D eigenvalue weighted by molar-refractivity contribution is -0.187. The Morgan fingerprint density at radius 1 is 1.23 bits per heavy atom. The molecule has 9 nitrogen and oxygen atoms in total. The molecule has 0 bridgehead atoms. The molecule has 3 atom stereocenters. The Labute approximate surface area is 231 Å². The van der Waals surface area contributed by atoms with Crippen LogP contribution in [0.15, 0.2) is 66.5 Å². The molecule has 0 spiro atoms. The van der Waals surface area contributed by atoms with Crippen molar-refractivity contribution in [3.63, 3.8) is 0 Å². The van der Waals surface area contributed by atoms with Crippen LogP contribution in [-0.4, -0.2) is 88.7 Å². The van der Waals surface area contributed by atoms with E-state index in [1.54, 1.807) is 26.9 Å². The maximum Gasteiger partial charge on any atom is 0.334 e. The maximum absolute atomic E-state index is 13.6. The number of hydrogen-bond acceptors (Lipinski definition) is 5. The van der Waals surface area contributed by atoms with Crippen molar-refractivity contribution in [1.82, 2.24) is 25.1 Å². The highest BCUT2D eigenvalue weighted by Crippen LogP contribution is 2.29. The number of urea groups is 1. The highest BCUT2D eigenvalue weighted by molar-refractivity contribution is 5.91. The molecule has 1 aliphatic carbocycles. The van der Waals surface area contributed by atoms with Crippen molar-refractivity contribution in [2.24, 2.45) is 5.92 Å². The summed E-state index contributed by atoms with van der Waals surface area (Å²) in [6.07, 6.45) is 6.48. The smallest absolute Gasteiger partial charge is 0.334 e. The van der Waals surface area contributed by atoms with E-state index in [-0.39, 0.29) is 36.9 Å². The summed E-state index contributed by atoms with van der Waals surface area (Å²) in [5, 5.41) is 6.28. The van der Waals surface area contributed by atoms with Crippen LogP contribution in [0.2, 0.25) is 0 Å². The largest absolute Gasteiger partial charge is 0.488 e. The molecule has 2 fully saturated rings. The van der Waals surface area contributed by atoms with Gasteiger partial charge in [-0.1, -0.05) is 62.9 Å². The first kappa shape index (κ1) is 28.4. The normalized spacial score (nSPS) is 25.5. The molecule has 3 aliphatic rings. The van der Waals surface area contributed by atoms with Gasteiger partial charge in [-0.05, 0) is 37.0 Å². The molecule has 1 unspecified atom stereocenters. The Kier molecular flexibility index (Phi) is 8.49. The summed E-state index contributed by atoms with van der Waals surface area (Å²) >= 11 is 0. The first-order valence-electron chi connectivity index (χ1n) is 13.6.